The van der Waals surface area contributed by atoms with Crippen molar-refractivity contribution in [3.8, 4) is 0 Å². The van der Waals surface area contributed by atoms with E-state index in [0.29, 0.717) is 5.69 Å². The van der Waals surface area contributed by atoms with E-state index in [1.54, 1.807) is 0 Å². The van der Waals surface area contributed by atoms with E-state index >= 15 is 0 Å². The Morgan fingerprint density at radius 2 is 1.69 bits per heavy atom. The molecule has 1 heterocycles. The molecular weight excluding hydrogens is 372 g/mol. The van der Waals surface area contributed by atoms with Crippen molar-refractivity contribution in [3.63, 3.8) is 0 Å². The minimum absolute atomic E-state index is 0.0230. The number of aryl methyl sites for hydroxylation is 2. The van der Waals surface area contributed by atoms with Gasteiger partial charge in [0.2, 0.25) is 17.5 Å². The summed E-state index contributed by atoms with van der Waals surface area (Å²) in [4.78, 5) is 31.0. The van der Waals surface area contributed by atoms with Crippen molar-refractivity contribution >= 4 is 28.9 Å². The molecule has 0 spiro atoms. The normalized spacial score (nSPS) is 10.3. The smallest absolute Gasteiger partial charge is 0.334 e. The molecule has 0 bridgehead atoms. The molecule has 148 valence electrons. The molecule has 0 unspecified atom stereocenters. The third-order valence-electron chi connectivity index (χ3n) is 4.02. The zero-order valence-corrected chi connectivity index (χ0v) is 16.0. The maximum atomic E-state index is 12.1. The second-order valence-corrected chi connectivity index (χ2v) is 6.51. The molecule has 9 heteroatoms. The van der Waals surface area contributed by atoms with E-state index in [-0.39, 0.29) is 29.7 Å². The molecule has 0 saturated carbocycles. The van der Waals surface area contributed by atoms with Gasteiger partial charge >= 0.3 is 5.69 Å². The molecule has 0 aliphatic carbocycles. The number of nitrogens with one attached hydrogen (secondary N) is 3. The summed E-state index contributed by atoms with van der Waals surface area (Å²) < 4.78 is 0. The van der Waals surface area contributed by atoms with Crippen LogP contribution in [0.4, 0.5) is 23.0 Å². The van der Waals surface area contributed by atoms with Crippen LogP contribution >= 0.6 is 0 Å². The van der Waals surface area contributed by atoms with Crippen LogP contribution in [-0.2, 0) is 11.2 Å². The zero-order chi connectivity index (χ0) is 20.8. The number of amides is 1. The lowest BCUT2D eigenvalue weighted by atomic mass is 10.1. The SMILES string of the molecule is Cc1cc(C)cc(Nc2ncnc(NNC(=O)Cc3ccccc3)c2[N+](=O)[O-])c1. The quantitative estimate of drug-likeness (QED) is 0.416. The number of nitrogens with zero attached hydrogens (tertiary/aromatic N) is 3. The lowest BCUT2D eigenvalue weighted by molar-refractivity contribution is -0.383. The molecule has 0 aliphatic rings. The van der Waals surface area contributed by atoms with Crippen molar-refractivity contribution in [1.82, 2.24) is 15.4 Å². The van der Waals surface area contributed by atoms with Crippen molar-refractivity contribution in [2.45, 2.75) is 20.3 Å². The van der Waals surface area contributed by atoms with Crippen LogP contribution in [0.25, 0.3) is 0 Å². The monoisotopic (exact) mass is 392 g/mol. The fourth-order valence-corrected chi connectivity index (χ4v) is 2.87. The van der Waals surface area contributed by atoms with Crippen LogP contribution in [0.5, 0.6) is 0 Å². The molecule has 3 rings (SSSR count). The fourth-order valence-electron chi connectivity index (χ4n) is 2.87. The van der Waals surface area contributed by atoms with E-state index < -0.39 is 4.92 Å². The second kappa shape index (κ2) is 8.79. The summed E-state index contributed by atoms with van der Waals surface area (Å²) in [7, 11) is 0. The standard InChI is InChI=1S/C20H20N6O3/c1-13-8-14(2)10-16(9-13)23-19-18(26(28)29)20(22-12-21-19)25-24-17(27)11-15-6-4-3-5-7-15/h3-10,12H,11H2,1-2H3,(H,24,27)(H2,21,22,23,25). The summed E-state index contributed by atoms with van der Waals surface area (Å²) in [6, 6.07) is 14.9. The van der Waals surface area contributed by atoms with E-state index in [1.165, 1.54) is 6.33 Å². The predicted octanol–water partition coefficient (Wildman–Crippen LogP) is 3.43. The van der Waals surface area contributed by atoms with Gasteiger partial charge in [-0.25, -0.2) is 9.97 Å². The van der Waals surface area contributed by atoms with Gasteiger partial charge in [0, 0.05) is 5.69 Å². The molecule has 0 aliphatic heterocycles. The molecule has 0 radical (unpaired) electrons. The predicted molar refractivity (Wildman–Crippen MR) is 110 cm³/mol. The Balaban J connectivity index is 1.77. The van der Waals surface area contributed by atoms with Gasteiger partial charge in [0.15, 0.2) is 0 Å². The van der Waals surface area contributed by atoms with E-state index in [9.17, 15) is 14.9 Å². The molecule has 0 atom stereocenters. The lowest BCUT2D eigenvalue weighted by Gasteiger charge is -2.12. The molecule has 1 aromatic heterocycles. The highest BCUT2D eigenvalue weighted by Crippen LogP contribution is 2.31. The number of carbonyl (C=O) groups excluding carboxylic acids is 1. The number of hydrogen-bond acceptors (Lipinski definition) is 7. The summed E-state index contributed by atoms with van der Waals surface area (Å²) >= 11 is 0. The van der Waals surface area contributed by atoms with Crippen LogP contribution in [0.2, 0.25) is 0 Å². The minimum atomic E-state index is -0.601. The molecule has 29 heavy (non-hydrogen) atoms. The lowest BCUT2D eigenvalue weighted by Crippen LogP contribution is -2.31. The van der Waals surface area contributed by atoms with Crippen molar-refractivity contribution in [2.24, 2.45) is 0 Å². The van der Waals surface area contributed by atoms with Gasteiger partial charge in [-0.2, -0.15) is 0 Å². The number of nitro groups is 1. The molecule has 1 amide bonds. The average Bonchev–Trinajstić information content (AvgIpc) is 2.66. The van der Waals surface area contributed by atoms with Crippen LogP contribution in [-0.4, -0.2) is 20.8 Å². The molecule has 3 aromatic rings. The van der Waals surface area contributed by atoms with Gasteiger partial charge in [-0.3, -0.25) is 25.8 Å². The molecule has 3 N–H and O–H groups in total. The maximum Gasteiger partial charge on any atom is 0.355 e. The summed E-state index contributed by atoms with van der Waals surface area (Å²) in [5.74, 6) is -0.443. The minimum Gasteiger partial charge on any atom is -0.334 e. The van der Waals surface area contributed by atoms with E-state index in [1.807, 2.05) is 62.4 Å². The first kappa shape index (κ1) is 19.7. The summed E-state index contributed by atoms with van der Waals surface area (Å²) in [5.41, 5.74) is 8.11. The highest BCUT2D eigenvalue weighted by atomic mass is 16.6. The van der Waals surface area contributed by atoms with Gasteiger partial charge in [0.05, 0.1) is 11.3 Å². The second-order valence-electron chi connectivity index (χ2n) is 6.51. The Hall–Kier alpha value is -4.01. The molecular formula is C20H20N6O3. The topological polar surface area (TPSA) is 122 Å². The fraction of sp³-hybridized carbons (Fsp3) is 0.150. The summed E-state index contributed by atoms with van der Waals surface area (Å²) in [6.45, 7) is 3.86. The molecule has 0 fully saturated rings. The third kappa shape index (κ3) is 5.25. The van der Waals surface area contributed by atoms with Gasteiger partial charge in [0.1, 0.15) is 6.33 Å². The van der Waals surface area contributed by atoms with Gasteiger partial charge in [0.25, 0.3) is 0 Å². The van der Waals surface area contributed by atoms with Crippen LogP contribution in [0.3, 0.4) is 0 Å². The van der Waals surface area contributed by atoms with Gasteiger partial charge in [-0.05, 0) is 42.7 Å². The van der Waals surface area contributed by atoms with Crippen molar-refractivity contribution < 1.29 is 9.72 Å². The number of aromatic nitrogens is 2. The Morgan fingerprint density at radius 3 is 2.34 bits per heavy atom. The number of benzene rings is 2. The Morgan fingerprint density at radius 1 is 1.03 bits per heavy atom. The van der Waals surface area contributed by atoms with Gasteiger partial charge in [-0.1, -0.05) is 36.4 Å². The number of hydrazine groups is 1. The maximum absolute atomic E-state index is 12.1. The van der Waals surface area contributed by atoms with Crippen molar-refractivity contribution in [2.75, 3.05) is 10.7 Å². The highest BCUT2D eigenvalue weighted by Gasteiger charge is 2.23. The average molecular weight is 392 g/mol. The third-order valence-corrected chi connectivity index (χ3v) is 4.02. The van der Waals surface area contributed by atoms with Crippen LogP contribution < -0.4 is 16.2 Å². The number of carbonyl (C=O) groups is 1. The zero-order valence-electron chi connectivity index (χ0n) is 16.0. The molecule has 2 aromatic carbocycles. The van der Waals surface area contributed by atoms with Crippen molar-refractivity contribution in [3.05, 3.63) is 81.7 Å². The number of rotatable bonds is 7. The summed E-state index contributed by atoms with van der Waals surface area (Å²) in [5, 5.41) is 14.6. The molecule has 9 nitrogen and oxygen atoms in total. The van der Waals surface area contributed by atoms with E-state index in [0.717, 1.165) is 16.7 Å². The van der Waals surface area contributed by atoms with Crippen LogP contribution in [0.15, 0.2) is 54.9 Å². The first-order valence-corrected chi connectivity index (χ1v) is 8.86. The highest BCUT2D eigenvalue weighted by molar-refractivity contribution is 5.81. The largest absolute Gasteiger partial charge is 0.355 e. The number of hydrogen-bond donors (Lipinski definition) is 3. The molecule has 0 saturated heterocycles. The first-order chi connectivity index (χ1) is 13.9. The summed E-state index contributed by atoms with van der Waals surface area (Å²) in [6.07, 6.45) is 1.31. The van der Waals surface area contributed by atoms with Gasteiger partial charge in [-0.15, -0.1) is 0 Å². The first-order valence-electron chi connectivity index (χ1n) is 8.86. The van der Waals surface area contributed by atoms with E-state index in [2.05, 4.69) is 26.1 Å². The van der Waals surface area contributed by atoms with Crippen molar-refractivity contribution in [1.29, 1.82) is 0 Å². The number of anilines is 3. The Bertz CT molecular complexity index is 1020. The van der Waals surface area contributed by atoms with Crippen LogP contribution in [0, 0.1) is 24.0 Å². The van der Waals surface area contributed by atoms with Gasteiger partial charge < -0.3 is 5.32 Å². The van der Waals surface area contributed by atoms with Crippen LogP contribution in [0.1, 0.15) is 16.7 Å². The van der Waals surface area contributed by atoms with E-state index in [4.69, 9.17) is 0 Å². The Labute approximate surface area is 167 Å². The Kier molecular flexibility index (Phi) is 5.98.